The summed E-state index contributed by atoms with van der Waals surface area (Å²) in [7, 11) is 1.62. The first-order valence-electron chi connectivity index (χ1n) is 10.9. The van der Waals surface area contributed by atoms with Crippen molar-refractivity contribution in [1.82, 2.24) is 0 Å². The smallest absolute Gasteiger partial charge is 0.256 e. The van der Waals surface area contributed by atoms with E-state index in [0.29, 0.717) is 12.3 Å². The molecule has 0 radical (unpaired) electrons. The molecular weight excluding hydrogens is 402 g/mol. The summed E-state index contributed by atoms with van der Waals surface area (Å²) in [6.45, 7) is 6.77. The van der Waals surface area contributed by atoms with Gasteiger partial charge in [0.15, 0.2) is 0 Å². The molecule has 0 aliphatic carbocycles. The second-order valence-electron chi connectivity index (χ2n) is 9.39. The number of rotatable bonds is 5. The molecule has 2 unspecified atom stereocenters. The van der Waals surface area contributed by atoms with E-state index < -0.39 is 12.2 Å². The molecule has 1 heterocycles. The fraction of sp³-hybridized carbons (Fsp3) is 0.333. The van der Waals surface area contributed by atoms with E-state index in [1.54, 1.807) is 12.0 Å². The predicted octanol–water partition coefficient (Wildman–Crippen LogP) is 5.30. The fourth-order valence-corrected chi connectivity index (χ4v) is 4.30. The van der Waals surface area contributed by atoms with E-state index >= 15 is 0 Å². The third kappa shape index (κ3) is 4.26. The average molecular weight is 432 g/mol. The Morgan fingerprint density at radius 3 is 2.50 bits per heavy atom. The summed E-state index contributed by atoms with van der Waals surface area (Å²) in [4.78, 5) is 26.8. The van der Waals surface area contributed by atoms with Crippen molar-refractivity contribution in [2.24, 2.45) is 5.41 Å². The number of anilines is 1. The summed E-state index contributed by atoms with van der Waals surface area (Å²) >= 11 is 0. The van der Waals surface area contributed by atoms with Crippen LogP contribution in [0.25, 0.3) is 10.8 Å². The van der Waals surface area contributed by atoms with Crippen LogP contribution in [0.5, 0.6) is 5.75 Å². The zero-order chi connectivity index (χ0) is 22.9. The van der Waals surface area contributed by atoms with Gasteiger partial charge in [-0.05, 0) is 39.9 Å². The Labute approximate surface area is 188 Å². The molecule has 1 amide bonds. The van der Waals surface area contributed by atoms with Gasteiger partial charge in [0.2, 0.25) is 0 Å². The van der Waals surface area contributed by atoms with Gasteiger partial charge in [-0.25, -0.2) is 0 Å². The topological polar surface area (TPSA) is 55.8 Å². The molecule has 3 aromatic carbocycles. The maximum Gasteiger partial charge on any atom is 0.256 e. The number of hydrogen-bond donors (Lipinski definition) is 0. The third-order valence-corrected chi connectivity index (χ3v) is 5.70. The van der Waals surface area contributed by atoms with Crippen LogP contribution >= 0.6 is 0 Å². The highest BCUT2D eigenvalue weighted by Crippen LogP contribution is 2.43. The number of hydrogen-bond acceptors (Lipinski definition) is 4. The average Bonchev–Trinajstić information content (AvgIpc) is 2.88. The first kappa shape index (κ1) is 22.0. The minimum Gasteiger partial charge on any atom is -0.497 e. The van der Waals surface area contributed by atoms with Gasteiger partial charge in [-0.3, -0.25) is 4.79 Å². The minimum atomic E-state index is -0.864. The molecule has 0 aromatic heterocycles. The van der Waals surface area contributed by atoms with Gasteiger partial charge in [0.25, 0.3) is 5.91 Å². The molecule has 4 rings (SSSR count). The Morgan fingerprint density at radius 1 is 1.03 bits per heavy atom. The maximum atomic E-state index is 13.6. The lowest BCUT2D eigenvalue weighted by Crippen LogP contribution is -2.43. The minimum absolute atomic E-state index is 0.00582. The summed E-state index contributed by atoms with van der Waals surface area (Å²) in [5, 5.41) is 2.14. The van der Waals surface area contributed by atoms with Crippen molar-refractivity contribution in [2.45, 2.75) is 39.4 Å². The zero-order valence-corrected chi connectivity index (χ0v) is 19.0. The number of carbonyl (C=O) groups excluding carboxylic acids is 2. The van der Waals surface area contributed by atoms with E-state index in [4.69, 9.17) is 9.47 Å². The highest BCUT2D eigenvalue weighted by molar-refractivity contribution is 5.99. The molecule has 0 saturated carbocycles. The second-order valence-corrected chi connectivity index (χ2v) is 9.39. The van der Waals surface area contributed by atoms with Crippen molar-refractivity contribution in [3.8, 4) is 5.75 Å². The van der Waals surface area contributed by atoms with E-state index in [9.17, 15) is 9.59 Å². The van der Waals surface area contributed by atoms with E-state index in [0.717, 1.165) is 33.9 Å². The van der Waals surface area contributed by atoms with Gasteiger partial charge in [-0.15, -0.1) is 0 Å². The third-order valence-electron chi connectivity index (χ3n) is 5.70. The van der Waals surface area contributed by atoms with Gasteiger partial charge in [0.1, 0.15) is 24.2 Å². The number of benzene rings is 3. The van der Waals surface area contributed by atoms with E-state index in [1.807, 2.05) is 42.5 Å². The van der Waals surface area contributed by atoms with Crippen LogP contribution in [0.15, 0.2) is 60.7 Å². The van der Waals surface area contributed by atoms with Crippen molar-refractivity contribution in [2.75, 3.05) is 18.6 Å². The van der Waals surface area contributed by atoms with Crippen LogP contribution in [-0.2, 0) is 14.3 Å². The highest BCUT2D eigenvalue weighted by Gasteiger charge is 2.38. The first-order valence-corrected chi connectivity index (χ1v) is 10.9. The number of aldehydes is 1. The highest BCUT2D eigenvalue weighted by atomic mass is 16.5. The monoisotopic (exact) mass is 431 g/mol. The second kappa shape index (κ2) is 8.75. The number of methoxy groups -OCH3 is 1. The van der Waals surface area contributed by atoms with E-state index in [-0.39, 0.29) is 17.7 Å². The molecule has 1 aliphatic heterocycles. The van der Waals surface area contributed by atoms with Gasteiger partial charge in [-0.2, -0.15) is 0 Å². The quantitative estimate of drug-likeness (QED) is 0.514. The van der Waals surface area contributed by atoms with Crippen molar-refractivity contribution in [3.63, 3.8) is 0 Å². The van der Waals surface area contributed by atoms with Crippen molar-refractivity contribution in [1.29, 1.82) is 0 Å². The van der Waals surface area contributed by atoms with Crippen LogP contribution in [0, 0.1) is 5.41 Å². The van der Waals surface area contributed by atoms with Crippen molar-refractivity contribution < 1.29 is 19.1 Å². The van der Waals surface area contributed by atoms with Crippen LogP contribution in [-0.4, -0.2) is 32.0 Å². The standard InChI is InChI=1S/C27H29NO4/c1-27(2,3)17-28-23-13-12-19(31-4)16-22(23)25(32-24(14-15-29)26(28)30)21-11-7-9-18-8-5-6-10-20(18)21/h5-13,15-16,24-25H,14,17H2,1-4H3. The molecule has 32 heavy (non-hydrogen) atoms. The molecule has 3 aromatic rings. The number of fused-ring (bicyclic) bond motifs is 2. The van der Waals surface area contributed by atoms with Crippen molar-refractivity contribution >= 4 is 28.7 Å². The summed E-state index contributed by atoms with van der Waals surface area (Å²) < 4.78 is 12.0. The largest absolute Gasteiger partial charge is 0.497 e. The molecule has 0 bridgehead atoms. The molecule has 0 saturated heterocycles. The van der Waals surface area contributed by atoms with Gasteiger partial charge in [0.05, 0.1) is 12.8 Å². The Bertz CT molecular complexity index is 1140. The molecule has 0 N–H and O–H groups in total. The van der Waals surface area contributed by atoms with E-state index in [2.05, 4.69) is 39.0 Å². The lowest BCUT2D eigenvalue weighted by Gasteiger charge is -2.31. The Morgan fingerprint density at radius 2 is 1.78 bits per heavy atom. The number of carbonyl (C=O) groups is 2. The van der Waals surface area contributed by atoms with Crippen molar-refractivity contribution in [3.05, 3.63) is 71.8 Å². The number of nitrogens with zero attached hydrogens (tertiary/aromatic N) is 1. The zero-order valence-electron chi connectivity index (χ0n) is 19.0. The van der Waals surface area contributed by atoms with Crippen LogP contribution in [0.4, 0.5) is 5.69 Å². The molecule has 1 aliphatic rings. The van der Waals surface area contributed by atoms with Crippen LogP contribution in [0.2, 0.25) is 0 Å². The van der Waals surface area contributed by atoms with Gasteiger partial charge in [-0.1, -0.05) is 63.2 Å². The van der Waals surface area contributed by atoms with Gasteiger partial charge in [0, 0.05) is 18.5 Å². The lowest BCUT2D eigenvalue weighted by molar-refractivity contribution is -0.134. The molecular formula is C27H29NO4. The predicted molar refractivity (Wildman–Crippen MR) is 126 cm³/mol. The SMILES string of the molecule is COc1ccc2c(c1)C(c1cccc3ccccc13)OC(CC=O)C(=O)N2CC(C)(C)C. The Kier molecular flexibility index (Phi) is 6.02. The van der Waals surface area contributed by atoms with E-state index in [1.165, 1.54) is 0 Å². The lowest BCUT2D eigenvalue weighted by atomic mass is 9.92. The molecule has 0 fully saturated rings. The molecule has 2 atom stereocenters. The Hall–Kier alpha value is -3.18. The summed E-state index contributed by atoms with van der Waals surface area (Å²) in [5.41, 5.74) is 2.46. The summed E-state index contributed by atoms with van der Waals surface area (Å²) in [6, 6.07) is 19.9. The molecule has 166 valence electrons. The molecule has 5 heteroatoms. The molecule has 5 nitrogen and oxygen atoms in total. The summed E-state index contributed by atoms with van der Waals surface area (Å²) in [5.74, 6) is 0.496. The summed E-state index contributed by atoms with van der Waals surface area (Å²) in [6.07, 6.45) is -0.622. The van der Waals surface area contributed by atoms with Gasteiger partial charge >= 0.3 is 0 Å². The van der Waals surface area contributed by atoms with Gasteiger partial charge < -0.3 is 19.2 Å². The maximum absolute atomic E-state index is 13.6. The number of ether oxygens (including phenoxy) is 2. The normalized spacial score (nSPS) is 18.9. The number of amides is 1. The molecule has 0 spiro atoms. The fourth-order valence-electron chi connectivity index (χ4n) is 4.30. The Balaban J connectivity index is 1.97. The van der Waals surface area contributed by atoms with Crippen LogP contribution < -0.4 is 9.64 Å². The van der Waals surface area contributed by atoms with Crippen LogP contribution in [0.3, 0.4) is 0 Å². The van der Waals surface area contributed by atoms with Crippen LogP contribution in [0.1, 0.15) is 44.4 Å². The first-order chi connectivity index (χ1) is 15.3.